The number of alkyl halides is 2. The molecule has 7 heteroatoms. The fraction of sp³-hybridized carbons (Fsp3) is 0.400. The second-order valence-corrected chi connectivity index (χ2v) is 7.07. The van der Waals surface area contributed by atoms with Crippen molar-refractivity contribution in [1.29, 1.82) is 0 Å². The second-order valence-electron chi connectivity index (χ2n) is 6.66. The number of hydrogen-bond acceptors (Lipinski definition) is 3. The lowest BCUT2D eigenvalue weighted by Crippen LogP contribution is -2.41. The highest BCUT2D eigenvalue weighted by atomic mass is 32.1. The molecule has 0 unspecified atom stereocenters. The van der Waals surface area contributed by atoms with Crippen molar-refractivity contribution in [2.24, 2.45) is 5.10 Å². The van der Waals surface area contributed by atoms with E-state index >= 15 is 0 Å². The Morgan fingerprint density at radius 1 is 1.15 bits per heavy atom. The Bertz CT molecular complexity index is 835. The molecular weight excluding hydrogens is 368 g/mol. The zero-order valence-electron chi connectivity index (χ0n) is 15.2. The zero-order chi connectivity index (χ0) is 19.2. The van der Waals surface area contributed by atoms with Gasteiger partial charge in [0.1, 0.15) is 5.75 Å². The lowest BCUT2D eigenvalue weighted by atomic mass is 9.96. The number of hydrazone groups is 1. The van der Waals surface area contributed by atoms with Crippen LogP contribution in [0.1, 0.15) is 44.6 Å². The van der Waals surface area contributed by atoms with E-state index in [1.807, 2.05) is 18.2 Å². The first kappa shape index (κ1) is 19.5. The lowest BCUT2D eigenvalue weighted by molar-refractivity contribution is -0.0489. The van der Waals surface area contributed by atoms with Crippen LogP contribution in [0.15, 0.2) is 41.5 Å². The Labute approximate surface area is 163 Å². The van der Waals surface area contributed by atoms with E-state index in [1.165, 1.54) is 19.3 Å². The summed E-state index contributed by atoms with van der Waals surface area (Å²) in [5, 5.41) is 9.42. The van der Waals surface area contributed by atoms with Crippen molar-refractivity contribution in [3.8, 4) is 5.75 Å². The molecule has 0 spiro atoms. The van der Waals surface area contributed by atoms with Crippen LogP contribution in [0.2, 0.25) is 0 Å². The summed E-state index contributed by atoms with van der Waals surface area (Å²) in [6, 6.07) is 11.2. The number of thiocarbonyl (C=S) groups is 1. The number of nitrogens with one attached hydrogen (secondary N) is 2. The molecule has 144 valence electrons. The topological polar surface area (TPSA) is 45.7 Å². The molecule has 1 aliphatic rings. The Morgan fingerprint density at radius 2 is 1.89 bits per heavy atom. The largest absolute Gasteiger partial charge is 0.433 e. The molecule has 0 aliphatic heterocycles. The molecule has 0 radical (unpaired) electrons. The van der Waals surface area contributed by atoms with E-state index in [1.54, 1.807) is 25.1 Å². The number of halogens is 2. The molecule has 0 bridgehead atoms. The van der Waals surface area contributed by atoms with Gasteiger partial charge >= 0.3 is 6.61 Å². The molecule has 1 aliphatic carbocycles. The van der Waals surface area contributed by atoms with Crippen LogP contribution < -0.4 is 15.5 Å². The summed E-state index contributed by atoms with van der Waals surface area (Å²) < 4.78 is 30.7. The molecule has 0 saturated heterocycles. The Hall–Kier alpha value is -2.28. The predicted molar refractivity (Wildman–Crippen MR) is 109 cm³/mol. The molecule has 4 nitrogen and oxygen atoms in total. The van der Waals surface area contributed by atoms with Gasteiger partial charge in [-0.15, -0.1) is 0 Å². The third kappa shape index (κ3) is 5.13. The summed E-state index contributed by atoms with van der Waals surface area (Å²) in [6.07, 6.45) is 5.87. The molecule has 2 aromatic carbocycles. The number of rotatable bonds is 5. The Balaban J connectivity index is 1.78. The number of benzene rings is 2. The Morgan fingerprint density at radius 3 is 2.63 bits per heavy atom. The van der Waals surface area contributed by atoms with Crippen LogP contribution in [0.3, 0.4) is 0 Å². The van der Waals surface area contributed by atoms with E-state index in [9.17, 15) is 8.78 Å². The van der Waals surface area contributed by atoms with E-state index in [4.69, 9.17) is 17.0 Å². The summed E-state index contributed by atoms with van der Waals surface area (Å²) in [7, 11) is 0. The van der Waals surface area contributed by atoms with E-state index < -0.39 is 6.61 Å². The van der Waals surface area contributed by atoms with E-state index in [0.29, 0.717) is 27.8 Å². The molecule has 0 amide bonds. The van der Waals surface area contributed by atoms with Crippen molar-refractivity contribution in [2.75, 3.05) is 0 Å². The SMILES string of the molecule is C/C(=N\NC(=S)NC1CCCCC1)c1ccc2ccccc2c1OC(F)F. The number of fused-ring (bicyclic) bond motifs is 1. The smallest absolute Gasteiger partial charge is 0.387 e. The summed E-state index contributed by atoms with van der Waals surface area (Å²) in [5.41, 5.74) is 3.84. The van der Waals surface area contributed by atoms with Crippen molar-refractivity contribution in [2.45, 2.75) is 51.7 Å². The van der Waals surface area contributed by atoms with Gasteiger partial charge in [-0.25, -0.2) is 0 Å². The van der Waals surface area contributed by atoms with Gasteiger partial charge in [-0.05, 0) is 43.4 Å². The van der Waals surface area contributed by atoms with Gasteiger partial charge < -0.3 is 10.1 Å². The van der Waals surface area contributed by atoms with Crippen LogP contribution >= 0.6 is 12.2 Å². The summed E-state index contributed by atoms with van der Waals surface area (Å²) >= 11 is 5.30. The molecule has 2 N–H and O–H groups in total. The highest BCUT2D eigenvalue weighted by molar-refractivity contribution is 7.80. The maximum atomic E-state index is 13.0. The fourth-order valence-corrected chi connectivity index (χ4v) is 3.62. The van der Waals surface area contributed by atoms with Crippen molar-refractivity contribution in [1.82, 2.24) is 10.7 Å². The first-order chi connectivity index (χ1) is 13.0. The van der Waals surface area contributed by atoms with Crippen LogP contribution in [-0.2, 0) is 0 Å². The molecule has 1 fully saturated rings. The van der Waals surface area contributed by atoms with Gasteiger partial charge in [-0.2, -0.15) is 13.9 Å². The van der Waals surface area contributed by atoms with Crippen LogP contribution in [0.5, 0.6) is 5.75 Å². The van der Waals surface area contributed by atoms with Gasteiger partial charge in [-0.1, -0.05) is 49.6 Å². The minimum absolute atomic E-state index is 0.123. The Kier molecular flexibility index (Phi) is 6.55. The molecular formula is C20H23F2N3OS. The number of ether oxygens (including phenoxy) is 1. The second kappa shape index (κ2) is 9.08. The first-order valence-corrected chi connectivity index (χ1v) is 9.53. The highest BCUT2D eigenvalue weighted by Crippen LogP contribution is 2.31. The maximum Gasteiger partial charge on any atom is 0.387 e. The minimum atomic E-state index is -2.91. The maximum absolute atomic E-state index is 13.0. The van der Waals surface area contributed by atoms with Crippen molar-refractivity contribution < 1.29 is 13.5 Å². The number of hydrogen-bond donors (Lipinski definition) is 2. The molecule has 27 heavy (non-hydrogen) atoms. The molecule has 0 heterocycles. The quantitative estimate of drug-likeness (QED) is 0.430. The van der Waals surface area contributed by atoms with Crippen LogP contribution in [-0.4, -0.2) is 23.5 Å². The van der Waals surface area contributed by atoms with E-state index in [2.05, 4.69) is 15.8 Å². The third-order valence-electron chi connectivity index (χ3n) is 4.74. The van der Waals surface area contributed by atoms with Gasteiger partial charge in [0.25, 0.3) is 0 Å². The zero-order valence-corrected chi connectivity index (χ0v) is 16.0. The summed E-state index contributed by atoms with van der Waals surface area (Å²) in [6.45, 7) is -1.18. The minimum Gasteiger partial charge on any atom is -0.433 e. The number of nitrogens with zero attached hydrogens (tertiary/aromatic N) is 1. The molecule has 3 rings (SSSR count). The average molecular weight is 391 g/mol. The fourth-order valence-electron chi connectivity index (χ4n) is 3.40. The van der Waals surface area contributed by atoms with Crippen LogP contribution in [0, 0.1) is 0 Å². The van der Waals surface area contributed by atoms with Gasteiger partial charge in [0.05, 0.1) is 5.71 Å². The third-order valence-corrected chi connectivity index (χ3v) is 4.95. The molecule has 2 aromatic rings. The van der Waals surface area contributed by atoms with Crippen molar-refractivity contribution in [3.05, 3.63) is 42.0 Å². The van der Waals surface area contributed by atoms with Gasteiger partial charge in [0.15, 0.2) is 5.11 Å². The van der Waals surface area contributed by atoms with Crippen LogP contribution in [0.4, 0.5) is 8.78 Å². The molecule has 1 saturated carbocycles. The lowest BCUT2D eigenvalue weighted by Gasteiger charge is -2.23. The van der Waals surface area contributed by atoms with Gasteiger partial charge in [0, 0.05) is 17.0 Å². The van der Waals surface area contributed by atoms with E-state index in [-0.39, 0.29) is 5.75 Å². The predicted octanol–water partition coefficient (Wildman–Crippen LogP) is 4.96. The highest BCUT2D eigenvalue weighted by Gasteiger charge is 2.16. The standard InChI is InChI=1S/C20H23F2N3OS/c1-13(24-25-20(27)23-15-8-3-2-4-9-15)16-12-11-14-7-5-6-10-17(14)18(16)26-19(21)22/h5-7,10-12,15,19H,2-4,8-9H2,1H3,(H2,23,25,27)/b24-13+. The van der Waals surface area contributed by atoms with Gasteiger partial charge in [0.2, 0.25) is 0 Å². The van der Waals surface area contributed by atoms with Crippen molar-refractivity contribution in [3.63, 3.8) is 0 Å². The van der Waals surface area contributed by atoms with Crippen LogP contribution in [0.25, 0.3) is 10.8 Å². The average Bonchev–Trinajstić information content (AvgIpc) is 2.67. The van der Waals surface area contributed by atoms with E-state index in [0.717, 1.165) is 18.2 Å². The summed E-state index contributed by atoms with van der Waals surface area (Å²) in [5.74, 6) is 0.123. The first-order valence-electron chi connectivity index (χ1n) is 9.12. The molecule has 0 aromatic heterocycles. The van der Waals surface area contributed by atoms with Gasteiger partial charge in [-0.3, -0.25) is 5.43 Å². The monoisotopic (exact) mass is 391 g/mol. The summed E-state index contributed by atoms with van der Waals surface area (Å²) in [4.78, 5) is 0. The molecule has 0 atom stereocenters. The van der Waals surface area contributed by atoms with Crippen molar-refractivity contribution >= 4 is 33.8 Å². The normalized spacial score (nSPS) is 15.8.